The molecule has 0 atom stereocenters. The van der Waals surface area contributed by atoms with Gasteiger partial charge in [-0.05, 0) is 31.0 Å². The zero-order valence-corrected chi connectivity index (χ0v) is 17.5. The highest BCUT2D eigenvalue weighted by Gasteiger charge is 2.41. The fourth-order valence-corrected chi connectivity index (χ4v) is 3.87. The van der Waals surface area contributed by atoms with E-state index in [0.717, 1.165) is 13.1 Å². The number of carbonyl (C=O) groups excluding carboxylic acids is 2. The van der Waals surface area contributed by atoms with Gasteiger partial charge in [0, 0.05) is 57.5 Å². The molecule has 2 aliphatic rings. The predicted octanol–water partition coefficient (Wildman–Crippen LogP) is 1.46. The highest BCUT2D eigenvalue weighted by molar-refractivity contribution is 6.36. The molecule has 1 N–H and O–H groups in total. The van der Waals surface area contributed by atoms with E-state index in [4.69, 9.17) is 21.4 Å². The lowest BCUT2D eigenvalue weighted by Gasteiger charge is -2.36. The number of benzene rings is 1. The summed E-state index contributed by atoms with van der Waals surface area (Å²) in [6.07, 6.45) is 0.608. The van der Waals surface area contributed by atoms with Gasteiger partial charge in [0.2, 0.25) is 0 Å². The molecule has 0 aliphatic carbocycles. The van der Waals surface area contributed by atoms with Crippen LogP contribution in [-0.2, 0) is 14.3 Å². The van der Waals surface area contributed by atoms with E-state index in [0.29, 0.717) is 67.7 Å². The van der Waals surface area contributed by atoms with Crippen molar-refractivity contribution in [1.29, 1.82) is 0 Å². The van der Waals surface area contributed by atoms with Crippen molar-refractivity contribution < 1.29 is 19.4 Å². The number of hydrogen-bond donors (Lipinski definition) is 1. The van der Waals surface area contributed by atoms with E-state index >= 15 is 0 Å². The number of ether oxygens (including phenoxy) is 1. The van der Waals surface area contributed by atoms with E-state index in [-0.39, 0.29) is 18.4 Å². The number of imide groups is 1. The summed E-state index contributed by atoms with van der Waals surface area (Å²) in [5, 5.41) is 9.73. The van der Waals surface area contributed by atoms with Gasteiger partial charge in [0.05, 0.1) is 12.2 Å². The molecular weight excluding hydrogens is 394 g/mol. The van der Waals surface area contributed by atoms with Crippen LogP contribution in [0, 0.1) is 0 Å². The Morgan fingerprint density at radius 2 is 1.72 bits per heavy atom. The van der Waals surface area contributed by atoms with Crippen LogP contribution < -0.4 is 0 Å². The molecule has 2 amide bonds. The summed E-state index contributed by atoms with van der Waals surface area (Å²) in [6, 6.07) is 7.04. The Kier molecular flexibility index (Phi) is 7.66. The van der Waals surface area contributed by atoms with E-state index < -0.39 is 0 Å². The Morgan fingerprint density at radius 1 is 1.03 bits per heavy atom. The Labute approximate surface area is 176 Å². The van der Waals surface area contributed by atoms with E-state index in [2.05, 4.69) is 4.90 Å². The van der Waals surface area contributed by atoms with Gasteiger partial charge in [-0.15, -0.1) is 0 Å². The Hall–Kier alpha value is -1.93. The van der Waals surface area contributed by atoms with Crippen molar-refractivity contribution in [3.8, 4) is 0 Å². The molecule has 3 rings (SSSR count). The van der Waals surface area contributed by atoms with Crippen LogP contribution in [0.15, 0.2) is 30.0 Å². The molecule has 0 radical (unpaired) electrons. The van der Waals surface area contributed by atoms with E-state index in [1.54, 1.807) is 24.3 Å². The van der Waals surface area contributed by atoms with Crippen molar-refractivity contribution in [2.45, 2.75) is 13.3 Å². The Morgan fingerprint density at radius 3 is 2.34 bits per heavy atom. The molecule has 158 valence electrons. The normalized spacial score (nSPS) is 18.3. The number of halogens is 1. The quantitative estimate of drug-likeness (QED) is 0.480. The van der Waals surface area contributed by atoms with E-state index in [9.17, 15) is 9.59 Å². The second kappa shape index (κ2) is 10.2. The maximum absolute atomic E-state index is 13.2. The van der Waals surface area contributed by atoms with Crippen LogP contribution in [0.2, 0.25) is 5.02 Å². The van der Waals surface area contributed by atoms with Crippen molar-refractivity contribution in [1.82, 2.24) is 14.7 Å². The van der Waals surface area contributed by atoms with Crippen molar-refractivity contribution >= 4 is 29.0 Å². The minimum Gasteiger partial charge on any atom is -0.395 e. The number of nitrogens with zero attached hydrogens (tertiary/aromatic N) is 3. The molecule has 0 aromatic heterocycles. The van der Waals surface area contributed by atoms with Crippen LogP contribution in [0.5, 0.6) is 0 Å². The summed E-state index contributed by atoms with van der Waals surface area (Å²) in [7, 11) is 0. The molecule has 0 saturated carbocycles. The molecule has 2 heterocycles. The first kappa shape index (κ1) is 21.8. The maximum Gasteiger partial charge on any atom is 0.277 e. The largest absolute Gasteiger partial charge is 0.395 e. The van der Waals surface area contributed by atoms with Crippen molar-refractivity contribution in [2.24, 2.45) is 0 Å². The minimum absolute atomic E-state index is 0.115. The van der Waals surface area contributed by atoms with Gasteiger partial charge in [0.15, 0.2) is 0 Å². The summed E-state index contributed by atoms with van der Waals surface area (Å²) >= 11 is 6.01. The summed E-state index contributed by atoms with van der Waals surface area (Å²) in [4.78, 5) is 31.9. The highest BCUT2D eigenvalue weighted by Crippen LogP contribution is 2.32. The van der Waals surface area contributed by atoms with Crippen LogP contribution >= 0.6 is 11.6 Å². The van der Waals surface area contributed by atoms with E-state index in [1.165, 1.54) is 4.90 Å². The fraction of sp³-hybridized carbons (Fsp3) is 0.524. The number of rotatable bonds is 9. The minimum atomic E-state index is -0.262. The Balaban J connectivity index is 1.85. The number of aliphatic hydroxyl groups is 1. The van der Waals surface area contributed by atoms with Gasteiger partial charge in [-0.25, -0.2) is 0 Å². The summed E-state index contributed by atoms with van der Waals surface area (Å²) in [5.74, 6) is -0.506. The summed E-state index contributed by atoms with van der Waals surface area (Å²) in [5.41, 5.74) is 1.61. The standard InChI is InChI=1S/C21H28ClN3O4/c1-2-29-15-3-8-25-20(27)18(16-4-6-17(22)7-5-16)19(21(25)28)24-11-9-23(10-12-24)13-14-26/h4-7,26H,2-3,8-15H2,1H3. The lowest BCUT2D eigenvalue weighted by molar-refractivity contribution is -0.137. The van der Waals surface area contributed by atoms with Gasteiger partial charge in [-0.3, -0.25) is 19.4 Å². The van der Waals surface area contributed by atoms with Crippen molar-refractivity contribution in [3.63, 3.8) is 0 Å². The van der Waals surface area contributed by atoms with Crippen LogP contribution in [0.25, 0.3) is 5.57 Å². The number of amides is 2. The zero-order valence-electron chi connectivity index (χ0n) is 16.8. The average Bonchev–Trinajstić information content (AvgIpc) is 2.97. The third-order valence-corrected chi connectivity index (χ3v) is 5.51. The molecule has 2 aliphatic heterocycles. The molecule has 1 aromatic rings. The molecule has 7 nitrogen and oxygen atoms in total. The van der Waals surface area contributed by atoms with Crippen LogP contribution in [0.3, 0.4) is 0 Å². The topological polar surface area (TPSA) is 73.3 Å². The third-order valence-electron chi connectivity index (χ3n) is 5.26. The fourth-order valence-electron chi connectivity index (χ4n) is 3.74. The first-order valence-corrected chi connectivity index (χ1v) is 10.5. The van der Waals surface area contributed by atoms with Gasteiger partial charge in [-0.1, -0.05) is 23.7 Å². The molecule has 1 aromatic carbocycles. The molecule has 0 unspecified atom stereocenters. The number of β-amino-alcohol motifs (C(OH)–C–C–N with tert-alkyl or cyclic N) is 1. The Bertz CT molecular complexity index is 758. The monoisotopic (exact) mass is 421 g/mol. The number of piperazine rings is 1. The summed E-state index contributed by atoms with van der Waals surface area (Å²) in [6.45, 7) is 6.86. The van der Waals surface area contributed by atoms with Crippen LogP contribution in [0.1, 0.15) is 18.9 Å². The molecule has 8 heteroatoms. The molecule has 0 spiro atoms. The molecule has 1 saturated heterocycles. The highest BCUT2D eigenvalue weighted by atomic mass is 35.5. The lowest BCUT2D eigenvalue weighted by atomic mass is 10.0. The van der Waals surface area contributed by atoms with Gasteiger partial charge in [0.25, 0.3) is 11.8 Å². The molecule has 29 heavy (non-hydrogen) atoms. The van der Waals surface area contributed by atoms with Crippen LogP contribution in [-0.4, -0.2) is 90.7 Å². The van der Waals surface area contributed by atoms with Gasteiger partial charge < -0.3 is 14.7 Å². The number of hydrogen-bond acceptors (Lipinski definition) is 6. The first-order chi connectivity index (χ1) is 14.1. The summed E-state index contributed by atoms with van der Waals surface area (Å²) < 4.78 is 5.35. The second-order valence-corrected chi connectivity index (χ2v) is 7.53. The van der Waals surface area contributed by atoms with Crippen LogP contribution in [0.4, 0.5) is 0 Å². The second-order valence-electron chi connectivity index (χ2n) is 7.10. The number of carbonyl (C=O) groups is 2. The zero-order chi connectivity index (χ0) is 20.8. The maximum atomic E-state index is 13.2. The van der Waals surface area contributed by atoms with Gasteiger partial charge >= 0.3 is 0 Å². The molecule has 1 fully saturated rings. The van der Waals surface area contributed by atoms with Crippen molar-refractivity contribution in [3.05, 3.63) is 40.5 Å². The third kappa shape index (κ3) is 4.98. The predicted molar refractivity (Wildman–Crippen MR) is 111 cm³/mol. The average molecular weight is 422 g/mol. The van der Waals surface area contributed by atoms with Gasteiger partial charge in [0.1, 0.15) is 5.70 Å². The smallest absolute Gasteiger partial charge is 0.277 e. The van der Waals surface area contributed by atoms with Gasteiger partial charge in [-0.2, -0.15) is 0 Å². The molecular formula is C21H28ClN3O4. The lowest BCUT2D eigenvalue weighted by Crippen LogP contribution is -2.48. The van der Waals surface area contributed by atoms with Crippen molar-refractivity contribution in [2.75, 3.05) is 59.1 Å². The SMILES string of the molecule is CCOCCCN1C(=O)C(c2ccc(Cl)cc2)=C(N2CCN(CCO)CC2)C1=O. The van der Waals surface area contributed by atoms with E-state index in [1.807, 2.05) is 11.8 Å². The number of aliphatic hydroxyl groups excluding tert-OH is 1. The first-order valence-electron chi connectivity index (χ1n) is 10.1. The molecule has 0 bridgehead atoms.